The van der Waals surface area contributed by atoms with Gasteiger partial charge in [0.2, 0.25) is 0 Å². The van der Waals surface area contributed by atoms with Gasteiger partial charge in [0.15, 0.2) is 0 Å². The molecule has 15 heavy (non-hydrogen) atoms. The van der Waals surface area contributed by atoms with Crippen molar-refractivity contribution in [3.63, 3.8) is 0 Å². The lowest BCUT2D eigenvalue weighted by molar-refractivity contribution is -0.131. The molecule has 0 heterocycles. The number of hydrogen-bond donors (Lipinski definition) is 1. The first-order valence-corrected chi connectivity index (χ1v) is 4.16. The van der Waals surface area contributed by atoms with Crippen LogP contribution in [0.3, 0.4) is 0 Å². The van der Waals surface area contributed by atoms with Crippen molar-refractivity contribution in [3.8, 4) is 0 Å². The summed E-state index contributed by atoms with van der Waals surface area (Å²) >= 11 is 4.84. The molecule has 1 aromatic rings. The van der Waals surface area contributed by atoms with E-state index in [2.05, 4.69) is 10.9 Å². The Balaban J connectivity index is 0.000000336. The fraction of sp³-hybridized carbons (Fsp3) is 0. The van der Waals surface area contributed by atoms with Crippen LogP contribution in [0.2, 0.25) is 0 Å². The quantitative estimate of drug-likeness (QED) is 0.789. The fourth-order valence-corrected chi connectivity index (χ4v) is 0.708. The molecule has 0 bridgehead atoms. The van der Waals surface area contributed by atoms with Crippen molar-refractivity contribution in [1.82, 2.24) is 0 Å². The number of carboxylic acids is 1. The SMILES string of the molecule is C=CC(=O)O.O=C(OCl)c1ccccc1. The van der Waals surface area contributed by atoms with Gasteiger partial charge in [0, 0.05) is 6.08 Å². The molecule has 4 nitrogen and oxygen atoms in total. The van der Waals surface area contributed by atoms with Gasteiger partial charge in [-0.2, -0.15) is 0 Å². The summed E-state index contributed by atoms with van der Waals surface area (Å²) in [4.78, 5) is 19.9. The van der Waals surface area contributed by atoms with E-state index in [4.69, 9.17) is 17.0 Å². The molecule has 0 aromatic heterocycles. The summed E-state index contributed by atoms with van der Waals surface area (Å²) in [6, 6.07) is 8.55. The van der Waals surface area contributed by atoms with Gasteiger partial charge in [-0.1, -0.05) is 24.8 Å². The molecule has 80 valence electrons. The van der Waals surface area contributed by atoms with Crippen LogP contribution in [0.1, 0.15) is 10.4 Å². The van der Waals surface area contributed by atoms with Crippen molar-refractivity contribution in [2.45, 2.75) is 0 Å². The van der Waals surface area contributed by atoms with E-state index in [0.29, 0.717) is 5.56 Å². The van der Waals surface area contributed by atoms with E-state index in [1.807, 2.05) is 6.07 Å². The molecule has 1 N–H and O–H groups in total. The summed E-state index contributed by atoms with van der Waals surface area (Å²) in [5.74, 6) is -1.51. The highest BCUT2D eigenvalue weighted by Gasteiger charge is 2.02. The van der Waals surface area contributed by atoms with Crippen LogP contribution in [-0.2, 0) is 9.08 Å². The molecule has 0 aliphatic rings. The summed E-state index contributed by atoms with van der Waals surface area (Å²) in [5.41, 5.74) is 0.456. The Labute approximate surface area is 91.9 Å². The molecular weight excluding hydrogens is 220 g/mol. The highest BCUT2D eigenvalue weighted by Crippen LogP contribution is 2.01. The zero-order valence-electron chi connectivity index (χ0n) is 7.72. The lowest BCUT2D eigenvalue weighted by Crippen LogP contribution is -1.96. The van der Waals surface area contributed by atoms with E-state index in [0.717, 1.165) is 6.08 Å². The molecule has 0 unspecified atom stereocenters. The number of aliphatic carboxylic acids is 1. The Hall–Kier alpha value is -1.81. The Bertz CT molecular complexity index is 335. The highest BCUT2D eigenvalue weighted by molar-refractivity contribution is 6.15. The topological polar surface area (TPSA) is 63.6 Å². The van der Waals surface area contributed by atoms with Crippen LogP contribution in [0, 0.1) is 0 Å². The Morgan fingerprint density at radius 2 is 1.80 bits per heavy atom. The molecule has 0 aliphatic heterocycles. The normalized spacial score (nSPS) is 8.07. The summed E-state index contributed by atoms with van der Waals surface area (Å²) in [6.07, 6.45) is 0.833. The number of carbonyl (C=O) groups is 2. The average molecular weight is 229 g/mol. The minimum absolute atomic E-state index is 0.456. The monoisotopic (exact) mass is 228 g/mol. The van der Waals surface area contributed by atoms with Crippen molar-refractivity contribution in [1.29, 1.82) is 0 Å². The van der Waals surface area contributed by atoms with Crippen molar-refractivity contribution in [2.75, 3.05) is 0 Å². The number of rotatable bonds is 2. The van der Waals surface area contributed by atoms with E-state index in [-0.39, 0.29) is 0 Å². The van der Waals surface area contributed by atoms with Crippen LogP contribution in [0.25, 0.3) is 0 Å². The molecule has 0 aliphatic carbocycles. The predicted molar refractivity (Wildman–Crippen MR) is 55.5 cm³/mol. The molecular formula is C10H9ClO4. The lowest BCUT2D eigenvalue weighted by Gasteiger charge is -1.92. The molecule has 0 spiro atoms. The first-order chi connectivity index (χ1) is 7.11. The zero-order valence-corrected chi connectivity index (χ0v) is 8.48. The van der Waals surface area contributed by atoms with Gasteiger partial charge in [0.1, 0.15) is 11.9 Å². The van der Waals surface area contributed by atoms with Gasteiger partial charge in [0.25, 0.3) is 0 Å². The van der Waals surface area contributed by atoms with Gasteiger partial charge < -0.3 is 9.40 Å². The van der Waals surface area contributed by atoms with Crippen LogP contribution in [0.15, 0.2) is 43.0 Å². The number of carbonyl (C=O) groups excluding carboxylic acids is 1. The summed E-state index contributed by atoms with van der Waals surface area (Å²) in [6.45, 7) is 2.96. The summed E-state index contributed by atoms with van der Waals surface area (Å²) < 4.78 is 3.97. The van der Waals surface area contributed by atoms with Gasteiger partial charge in [-0.25, -0.2) is 9.59 Å². The molecule has 0 amide bonds. The predicted octanol–water partition coefficient (Wildman–Crippen LogP) is 2.25. The van der Waals surface area contributed by atoms with Crippen molar-refractivity contribution >= 4 is 23.8 Å². The first-order valence-electron chi connectivity index (χ1n) is 3.85. The van der Waals surface area contributed by atoms with Gasteiger partial charge in [-0.3, -0.25) is 0 Å². The molecule has 1 aromatic carbocycles. The molecule has 0 saturated heterocycles. The van der Waals surface area contributed by atoms with E-state index in [9.17, 15) is 9.59 Å². The fourth-order valence-electron chi connectivity index (χ4n) is 0.619. The van der Waals surface area contributed by atoms with E-state index in [1.54, 1.807) is 24.3 Å². The van der Waals surface area contributed by atoms with Crippen molar-refractivity contribution in [3.05, 3.63) is 48.6 Å². The summed E-state index contributed by atoms with van der Waals surface area (Å²) in [7, 11) is 0. The number of carboxylic acid groups (broad SMARTS) is 1. The number of halogens is 1. The van der Waals surface area contributed by atoms with E-state index < -0.39 is 11.9 Å². The molecule has 0 fully saturated rings. The maximum absolute atomic E-state index is 10.7. The number of benzene rings is 1. The standard InChI is InChI=1S/C7H5ClO2.C3H4O2/c8-10-7(9)6-4-2-1-3-5-6;1-2-3(4)5/h1-5H;2H,1H2,(H,4,5). The van der Waals surface area contributed by atoms with Gasteiger partial charge in [-0.05, 0) is 12.1 Å². The second kappa shape index (κ2) is 7.58. The van der Waals surface area contributed by atoms with E-state index in [1.165, 1.54) is 0 Å². The maximum atomic E-state index is 10.7. The van der Waals surface area contributed by atoms with Gasteiger partial charge in [-0.15, -0.1) is 0 Å². The zero-order chi connectivity index (χ0) is 11.7. The third kappa shape index (κ3) is 6.29. The highest BCUT2D eigenvalue weighted by atomic mass is 35.5. The van der Waals surface area contributed by atoms with Crippen LogP contribution in [0.4, 0.5) is 0 Å². The van der Waals surface area contributed by atoms with Crippen LogP contribution in [-0.4, -0.2) is 17.0 Å². The molecule has 0 radical (unpaired) electrons. The number of hydrogen-bond acceptors (Lipinski definition) is 3. The minimum Gasteiger partial charge on any atom is -0.478 e. The second-order valence-corrected chi connectivity index (χ2v) is 2.43. The van der Waals surface area contributed by atoms with Crippen molar-refractivity contribution in [2.24, 2.45) is 0 Å². The van der Waals surface area contributed by atoms with Crippen LogP contribution in [0.5, 0.6) is 0 Å². The third-order valence-corrected chi connectivity index (χ3v) is 1.39. The largest absolute Gasteiger partial charge is 0.478 e. The van der Waals surface area contributed by atoms with Crippen LogP contribution < -0.4 is 0 Å². The Morgan fingerprint density at radius 1 is 1.33 bits per heavy atom. The van der Waals surface area contributed by atoms with E-state index >= 15 is 0 Å². The van der Waals surface area contributed by atoms with Crippen LogP contribution >= 0.6 is 11.9 Å². The third-order valence-electron chi connectivity index (χ3n) is 1.25. The molecule has 1 rings (SSSR count). The smallest absolute Gasteiger partial charge is 0.356 e. The lowest BCUT2D eigenvalue weighted by atomic mass is 10.2. The van der Waals surface area contributed by atoms with Gasteiger partial charge in [0.05, 0.1) is 5.56 Å². The first kappa shape index (κ1) is 13.2. The van der Waals surface area contributed by atoms with Crippen molar-refractivity contribution < 1.29 is 19.0 Å². The van der Waals surface area contributed by atoms with Gasteiger partial charge >= 0.3 is 11.9 Å². The second-order valence-electron chi connectivity index (χ2n) is 2.27. The molecule has 0 saturated carbocycles. The maximum Gasteiger partial charge on any atom is 0.356 e. The summed E-state index contributed by atoms with van der Waals surface area (Å²) in [5, 5.41) is 7.60. The Kier molecular flexibility index (Phi) is 6.67. The molecule has 0 atom stereocenters. The minimum atomic E-state index is -0.981. The molecule has 5 heteroatoms. The average Bonchev–Trinajstić information content (AvgIpc) is 2.30. The Morgan fingerprint density at radius 3 is 2.13 bits per heavy atom.